The number of amidine groups is 1. The van der Waals surface area contributed by atoms with Gasteiger partial charge < -0.3 is 14.9 Å². The van der Waals surface area contributed by atoms with Crippen LogP contribution in [0.15, 0.2) is 9.98 Å². The van der Waals surface area contributed by atoms with Crippen LogP contribution in [0.25, 0.3) is 0 Å². The monoisotopic (exact) mass is 352 g/mol. The summed E-state index contributed by atoms with van der Waals surface area (Å²) in [6, 6.07) is 0.402. The molecule has 1 aliphatic heterocycles. The van der Waals surface area contributed by atoms with Gasteiger partial charge in [0, 0.05) is 32.6 Å². The summed E-state index contributed by atoms with van der Waals surface area (Å²) in [7, 11) is 2.05. The van der Waals surface area contributed by atoms with E-state index in [0.717, 1.165) is 25.5 Å². The molecule has 0 aromatic heterocycles. The van der Waals surface area contributed by atoms with Crippen molar-refractivity contribution in [1.82, 2.24) is 9.80 Å². The van der Waals surface area contributed by atoms with Crippen molar-refractivity contribution in [2.24, 2.45) is 9.98 Å². The normalized spacial score (nSPS) is 19.4. The number of rotatable bonds is 12. The first-order chi connectivity index (χ1) is 12.1. The molecule has 1 atom stereocenters. The van der Waals surface area contributed by atoms with Crippen LogP contribution in [-0.2, 0) is 0 Å². The highest BCUT2D eigenvalue weighted by Gasteiger charge is 2.25. The Labute approximate surface area is 155 Å². The predicted molar refractivity (Wildman–Crippen MR) is 109 cm³/mol. The standard InChI is InChI=1S/C20H40N4O/c1-5-7-9-11-14-24(15-12-10-8-6-2)19-17-18(3)23(4)20(22-19)21-13-16-25/h18,25H,5-17H2,1-4H3. The Morgan fingerprint density at radius 3 is 2.20 bits per heavy atom. The maximum Gasteiger partial charge on any atom is 0.222 e. The van der Waals surface area contributed by atoms with Gasteiger partial charge in [0.15, 0.2) is 0 Å². The summed E-state index contributed by atoms with van der Waals surface area (Å²) in [5, 5.41) is 9.07. The van der Waals surface area contributed by atoms with E-state index in [-0.39, 0.29) is 6.61 Å². The lowest BCUT2D eigenvalue weighted by Gasteiger charge is -2.36. The number of nitrogens with zero attached hydrogens (tertiary/aromatic N) is 4. The van der Waals surface area contributed by atoms with Gasteiger partial charge in [-0.3, -0.25) is 0 Å². The van der Waals surface area contributed by atoms with Gasteiger partial charge in [0.25, 0.3) is 0 Å². The first-order valence-electron chi connectivity index (χ1n) is 10.3. The molecular formula is C20H40N4O. The Morgan fingerprint density at radius 1 is 1.08 bits per heavy atom. The fraction of sp³-hybridized carbons (Fsp3) is 0.900. The van der Waals surface area contributed by atoms with E-state index in [2.05, 4.69) is 35.6 Å². The smallest absolute Gasteiger partial charge is 0.222 e. The van der Waals surface area contributed by atoms with Gasteiger partial charge in [-0.1, -0.05) is 52.4 Å². The zero-order valence-corrected chi connectivity index (χ0v) is 17.0. The van der Waals surface area contributed by atoms with Gasteiger partial charge >= 0.3 is 0 Å². The van der Waals surface area contributed by atoms with E-state index >= 15 is 0 Å². The predicted octanol–water partition coefficient (Wildman–Crippen LogP) is 3.92. The number of guanidine groups is 1. The lowest BCUT2D eigenvalue weighted by molar-refractivity contribution is 0.303. The Hall–Kier alpha value is -1.10. The van der Waals surface area contributed by atoms with E-state index in [9.17, 15) is 0 Å². The lowest BCUT2D eigenvalue weighted by Crippen LogP contribution is -2.46. The van der Waals surface area contributed by atoms with Gasteiger partial charge in [-0.05, 0) is 19.8 Å². The molecule has 1 heterocycles. The van der Waals surface area contributed by atoms with Crippen LogP contribution >= 0.6 is 0 Å². The average Bonchev–Trinajstić information content (AvgIpc) is 2.61. The minimum absolute atomic E-state index is 0.0777. The molecule has 1 N–H and O–H groups in total. The average molecular weight is 353 g/mol. The molecule has 5 nitrogen and oxygen atoms in total. The van der Waals surface area contributed by atoms with Crippen molar-refractivity contribution in [2.75, 3.05) is 33.3 Å². The second-order valence-electron chi connectivity index (χ2n) is 7.21. The fourth-order valence-electron chi connectivity index (χ4n) is 3.16. The molecule has 25 heavy (non-hydrogen) atoms. The Kier molecular flexibility index (Phi) is 11.5. The second-order valence-corrected chi connectivity index (χ2v) is 7.21. The largest absolute Gasteiger partial charge is 0.394 e. The van der Waals surface area contributed by atoms with Crippen LogP contribution in [0.4, 0.5) is 0 Å². The van der Waals surface area contributed by atoms with Crippen LogP contribution in [0.1, 0.15) is 78.6 Å². The number of aliphatic hydroxyl groups is 1. The van der Waals surface area contributed by atoms with Crippen LogP contribution in [0.3, 0.4) is 0 Å². The van der Waals surface area contributed by atoms with E-state index in [1.54, 1.807) is 0 Å². The van der Waals surface area contributed by atoms with Gasteiger partial charge in [-0.2, -0.15) is 0 Å². The zero-order valence-electron chi connectivity index (χ0n) is 17.0. The van der Waals surface area contributed by atoms with Crippen LogP contribution in [0.5, 0.6) is 0 Å². The molecule has 1 rings (SSSR count). The fourth-order valence-corrected chi connectivity index (χ4v) is 3.16. The molecule has 0 aliphatic carbocycles. The third-order valence-electron chi connectivity index (χ3n) is 4.97. The van der Waals surface area contributed by atoms with E-state index in [1.165, 1.54) is 57.2 Å². The molecular weight excluding hydrogens is 312 g/mol. The molecule has 0 fully saturated rings. The molecule has 1 aliphatic rings. The van der Waals surface area contributed by atoms with Crippen molar-refractivity contribution >= 4 is 11.8 Å². The number of aliphatic hydroxyl groups excluding tert-OH is 1. The maximum absolute atomic E-state index is 9.07. The third-order valence-corrected chi connectivity index (χ3v) is 4.97. The minimum atomic E-state index is 0.0777. The quantitative estimate of drug-likeness (QED) is 0.542. The van der Waals surface area contributed by atoms with Crippen LogP contribution in [0, 0.1) is 0 Å². The van der Waals surface area contributed by atoms with Crippen LogP contribution in [-0.4, -0.2) is 66.0 Å². The van der Waals surface area contributed by atoms with Gasteiger partial charge in [0.05, 0.1) is 13.2 Å². The molecule has 146 valence electrons. The van der Waals surface area contributed by atoms with E-state index in [0.29, 0.717) is 12.6 Å². The Balaban J connectivity index is 2.77. The molecule has 0 saturated heterocycles. The number of unbranched alkanes of at least 4 members (excludes halogenated alkanes) is 6. The number of hydrogen-bond acceptors (Lipinski definition) is 3. The van der Waals surface area contributed by atoms with Gasteiger partial charge in [-0.15, -0.1) is 0 Å². The molecule has 0 amide bonds. The summed E-state index contributed by atoms with van der Waals surface area (Å²) in [6.45, 7) is 9.47. The van der Waals surface area contributed by atoms with Crippen molar-refractivity contribution in [3.8, 4) is 0 Å². The highest BCUT2D eigenvalue weighted by molar-refractivity contribution is 5.98. The van der Waals surface area contributed by atoms with Crippen molar-refractivity contribution in [3.63, 3.8) is 0 Å². The van der Waals surface area contributed by atoms with E-state index in [1.807, 2.05) is 7.05 Å². The van der Waals surface area contributed by atoms with Gasteiger partial charge in [-0.25, -0.2) is 9.98 Å². The molecule has 0 aromatic carbocycles. The maximum atomic E-state index is 9.07. The van der Waals surface area contributed by atoms with Crippen LogP contribution < -0.4 is 0 Å². The zero-order chi connectivity index (χ0) is 18.5. The first-order valence-corrected chi connectivity index (χ1v) is 10.3. The van der Waals surface area contributed by atoms with E-state index in [4.69, 9.17) is 10.1 Å². The highest BCUT2D eigenvalue weighted by atomic mass is 16.3. The summed E-state index contributed by atoms with van der Waals surface area (Å²) in [4.78, 5) is 14.0. The first kappa shape index (κ1) is 21.9. The number of hydrogen-bond donors (Lipinski definition) is 1. The third kappa shape index (κ3) is 8.21. The Morgan fingerprint density at radius 2 is 1.68 bits per heavy atom. The highest BCUT2D eigenvalue weighted by Crippen LogP contribution is 2.16. The summed E-state index contributed by atoms with van der Waals surface area (Å²) in [5.41, 5.74) is 0. The molecule has 5 heteroatoms. The minimum Gasteiger partial charge on any atom is -0.394 e. The van der Waals surface area contributed by atoms with Crippen LogP contribution in [0.2, 0.25) is 0 Å². The molecule has 0 spiro atoms. The topological polar surface area (TPSA) is 51.4 Å². The summed E-state index contributed by atoms with van der Waals surface area (Å²) in [6.07, 6.45) is 11.3. The SMILES string of the molecule is CCCCCCN(CCCCCC)C1=NC(=NCCO)N(C)C(C)C1. The summed E-state index contributed by atoms with van der Waals surface area (Å²) >= 11 is 0. The molecule has 0 radical (unpaired) electrons. The van der Waals surface area contributed by atoms with Gasteiger partial charge in [0.2, 0.25) is 5.96 Å². The van der Waals surface area contributed by atoms with E-state index < -0.39 is 0 Å². The number of aliphatic imine (C=N–C) groups is 2. The summed E-state index contributed by atoms with van der Waals surface area (Å²) < 4.78 is 0. The van der Waals surface area contributed by atoms with Crippen molar-refractivity contribution in [2.45, 2.75) is 84.6 Å². The lowest BCUT2D eigenvalue weighted by atomic mass is 10.1. The second kappa shape index (κ2) is 13.2. The van der Waals surface area contributed by atoms with Crippen molar-refractivity contribution < 1.29 is 5.11 Å². The van der Waals surface area contributed by atoms with Crippen molar-refractivity contribution in [3.05, 3.63) is 0 Å². The van der Waals surface area contributed by atoms with Gasteiger partial charge in [0.1, 0.15) is 5.84 Å². The Bertz CT molecular complexity index is 397. The summed E-state index contributed by atoms with van der Waals surface area (Å²) in [5.74, 6) is 1.96. The molecule has 0 bridgehead atoms. The van der Waals surface area contributed by atoms with Crippen molar-refractivity contribution in [1.29, 1.82) is 0 Å². The molecule has 1 unspecified atom stereocenters. The molecule has 0 saturated carbocycles. The molecule has 0 aromatic rings.